The van der Waals surface area contributed by atoms with Gasteiger partial charge in [-0.05, 0) is 34.5 Å². The van der Waals surface area contributed by atoms with E-state index in [0.717, 1.165) is 0 Å². The molecule has 92 valence electrons. The minimum Gasteiger partial charge on any atom is -0.324 e. The van der Waals surface area contributed by atoms with Crippen LogP contribution in [0, 0.1) is 10.1 Å². The zero-order chi connectivity index (χ0) is 13.0. The van der Waals surface area contributed by atoms with E-state index in [-0.39, 0.29) is 11.6 Å². The molecular weight excluding hydrogens is 290 g/mol. The van der Waals surface area contributed by atoms with Crippen molar-refractivity contribution in [3.63, 3.8) is 0 Å². The molecule has 6 nitrogen and oxygen atoms in total. The second kappa shape index (κ2) is 5.74. The van der Waals surface area contributed by atoms with Crippen molar-refractivity contribution < 1.29 is 9.72 Å². The van der Waals surface area contributed by atoms with Crippen molar-refractivity contribution >= 4 is 33.2 Å². The van der Waals surface area contributed by atoms with Crippen LogP contribution in [0.2, 0.25) is 0 Å². The Kier molecular flexibility index (Phi) is 4.59. The van der Waals surface area contributed by atoms with Crippen LogP contribution in [-0.2, 0) is 4.79 Å². The molecule has 17 heavy (non-hydrogen) atoms. The SMILES string of the molecule is CC[C@@H](N)C(=O)Nc1ccc(Br)c([N+](=O)[O-])c1. The fourth-order valence-corrected chi connectivity index (χ4v) is 1.54. The van der Waals surface area contributed by atoms with Crippen molar-refractivity contribution in [1.29, 1.82) is 0 Å². The number of carbonyl (C=O) groups is 1. The Morgan fingerprint density at radius 1 is 1.65 bits per heavy atom. The third-order valence-electron chi connectivity index (χ3n) is 2.19. The van der Waals surface area contributed by atoms with Crippen LogP contribution in [0.25, 0.3) is 0 Å². The number of hydrogen-bond donors (Lipinski definition) is 2. The molecule has 0 aliphatic carbocycles. The van der Waals surface area contributed by atoms with Crippen LogP contribution >= 0.6 is 15.9 Å². The van der Waals surface area contributed by atoms with Crippen LogP contribution in [0.5, 0.6) is 0 Å². The topological polar surface area (TPSA) is 98.3 Å². The lowest BCUT2D eigenvalue weighted by Gasteiger charge is -2.09. The van der Waals surface area contributed by atoms with Gasteiger partial charge in [0.2, 0.25) is 5.91 Å². The smallest absolute Gasteiger partial charge is 0.285 e. The number of carbonyl (C=O) groups excluding carboxylic acids is 1. The van der Waals surface area contributed by atoms with Gasteiger partial charge >= 0.3 is 0 Å². The summed E-state index contributed by atoms with van der Waals surface area (Å²) in [5, 5.41) is 13.2. The number of benzene rings is 1. The summed E-state index contributed by atoms with van der Waals surface area (Å²) >= 11 is 3.06. The molecule has 1 rings (SSSR count). The van der Waals surface area contributed by atoms with E-state index in [0.29, 0.717) is 16.6 Å². The number of rotatable bonds is 4. The molecule has 3 N–H and O–H groups in total. The normalized spacial score (nSPS) is 11.9. The second-order valence-electron chi connectivity index (χ2n) is 3.43. The van der Waals surface area contributed by atoms with Crippen molar-refractivity contribution in [3.05, 3.63) is 32.8 Å². The van der Waals surface area contributed by atoms with Crippen LogP contribution in [-0.4, -0.2) is 16.9 Å². The number of nitro groups is 1. The lowest BCUT2D eigenvalue weighted by molar-refractivity contribution is -0.385. The van der Waals surface area contributed by atoms with E-state index in [1.165, 1.54) is 12.1 Å². The summed E-state index contributed by atoms with van der Waals surface area (Å²) in [4.78, 5) is 21.7. The fourth-order valence-electron chi connectivity index (χ4n) is 1.15. The molecule has 1 amide bonds. The molecule has 0 aromatic heterocycles. The third kappa shape index (κ3) is 3.50. The van der Waals surface area contributed by atoms with Gasteiger partial charge in [-0.2, -0.15) is 0 Å². The van der Waals surface area contributed by atoms with Gasteiger partial charge in [-0.25, -0.2) is 0 Å². The summed E-state index contributed by atoms with van der Waals surface area (Å²) in [5.41, 5.74) is 5.79. The van der Waals surface area contributed by atoms with Crippen LogP contribution in [0.3, 0.4) is 0 Å². The molecule has 0 radical (unpaired) electrons. The molecule has 0 saturated heterocycles. The number of hydrogen-bond acceptors (Lipinski definition) is 4. The minimum atomic E-state index is -0.613. The first-order valence-electron chi connectivity index (χ1n) is 4.96. The number of amides is 1. The first-order chi connectivity index (χ1) is 7.95. The summed E-state index contributed by atoms with van der Waals surface area (Å²) in [7, 11) is 0. The lowest BCUT2D eigenvalue weighted by atomic mass is 10.2. The number of halogens is 1. The average Bonchev–Trinajstić information content (AvgIpc) is 2.30. The lowest BCUT2D eigenvalue weighted by Crippen LogP contribution is -2.34. The molecule has 1 atom stereocenters. The molecule has 0 saturated carbocycles. The summed E-state index contributed by atoms with van der Waals surface area (Å²) in [5.74, 6) is -0.357. The van der Waals surface area contributed by atoms with E-state index < -0.39 is 11.0 Å². The van der Waals surface area contributed by atoms with E-state index >= 15 is 0 Å². The van der Waals surface area contributed by atoms with E-state index in [4.69, 9.17) is 5.73 Å². The first kappa shape index (κ1) is 13.6. The quantitative estimate of drug-likeness (QED) is 0.656. The largest absolute Gasteiger partial charge is 0.324 e. The number of nitrogens with two attached hydrogens (primary N) is 1. The maximum Gasteiger partial charge on any atom is 0.285 e. The maximum absolute atomic E-state index is 11.5. The molecule has 1 aromatic carbocycles. The third-order valence-corrected chi connectivity index (χ3v) is 2.86. The van der Waals surface area contributed by atoms with Crippen molar-refractivity contribution in [2.75, 3.05) is 5.32 Å². The summed E-state index contributed by atoms with van der Waals surface area (Å²) in [6.45, 7) is 1.79. The Morgan fingerprint density at radius 2 is 2.29 bits per heavy atom. The molecule has 7 heteroatoms. The van der Waals surface area contributed by atoms with Gasteiger partial charge in [0.05, 0.1) is 15.4 Å². The van der Waals surface area contributed by atoms with Gasteiger partial charge in [0, 0.05) is 11.8 Å². The van der Waals surface area contributed by atoms with Crippen LogP contribution in [0.15, 0.2) is 22.7 Å². The van der Waals surface area contributed by atoms with Gasteiger partial charge in [0.1, 0.15) is 0 Å². The van der Waals surface area contributed by atoms with Crippen LogP contribution in [0.4, 0.5) is 11.4 Å². The highest BCUT2D eigenvalue weighted by Gasteiger charge is 2.15. The summed E-state index contributed by atoms with van der Waals surface area (Å²) in [6.07, 6.45) is 0.504. The molecule has 0 unspecified atom stereocenters. The number of nitrogens with zero attached hydrogens (tertiary/aromatic N) is 1. The maximum atomic E-state index is 11.5. The predicted molar refractivity (Wildman–Crippen MR) is 67.7 cm³/mol. The monoisotopic (exact) mass is 301 g/mol. The van der Waals surface area contributed by atoms with Gasteiger partial charge < -0.3 is 11.1 Å². The molecule has 0 bridgehead atoms. The predicted octanol–water partition coefficient (Wildman–Crippen LogP) is 2.03. The fraction of sp³-hybridized carbons (Fsp3) is 0.300. The Balaban J connectivity index is 2.90. The minimum absolute atomic E-state index is 0.104. The van der Waals surface area contributed by atoms with Gasteiger partial charge in [0.25, 0.3) is 5.69 Å². The zero-order valence-corrected chi connectivity index (χ0v) is 10.7. The van der Waals surface area contributed by atoms with Crippen LogP contribution < -0.4 is 11.1 Å². The van der Waals surface area contributed by atoms with E-state index in [1.54, 1.807) is 13.0 Å². The van der Waals surface area contributed by atoms with E-state index in [2.05, 4.69) is 21.2 Å². The average molecular weight is 302 g/mol. The van der Waals surface area contributed by atoms with Gasteiger partial charge in [0.15, 0.2) is 0 Å². The van der Waals surface area contributed by atoms with Gasteiger partial charge in [-0.1, -0.05) is 6.92 Å². The van der Waals surface area contributed by atoms with Crippen LogP contribution in [0.1, 0.15) is 13.3 Å². The molecule has 0 aliphatic rings. The van der Waals surface area contributed by atoms with Crippen molar-refractivity contribution in [2.24, 2.45) is 5.73 Å². The highest BCUT2D eigenvalue weighted by molar-refractivity contribution is 9.10. The Hall–Kier alpha value is -1.47. The van der Waals surface area contributed by atoms with Gasteiger partial charge in [-0.3, -0.25) is 14.9 Å². The molecule has 0 fully saturated rings. The Morgan fingerprint density at radius 3 is 2.82 bits per heavy atom. The second-order valence-corrected chi connectivity index (χ2v) is 4.28. The van der Waals surface area contributed by atoms with E-state index in [9.17, 15) is 14.9 Å². The standard InChI is InChI=1S/C10H12BrN3O3/c1-2-8(12)10(15)13-6-3-4-7(11)9(5-6)14(16)17/h3-5,8H,2,12H2,1H3,(H,13,15)/t8-/m1/s1. The molecular formula is C10H12BrN3O3. The first-order valence-corrected chi connectivity index (χ1v) is 5.75. The summed E-state index contributed by atoms with van der Waals surface area (Å²) in [6, 6.07) is 3.74. The summed E-state index contributed by atoms with van der Waals surface area (Å²) < 4.78 is 0.361. The van der Waals surface area contributed by atoms with Gasteiger partial charge in [-0.15, -0.1) is 0 Å². The number of nitro benzene ring substituents is 1. The molecule has 0 aliphatic heterocycles. The van der Waals surface area contributed by atoms with E-state index in [1.807, 2.05) is 0 Å². The zero-order valence-electron chi connectivity index (χ0n) is 9.14. The number of anilines is 1. The molecule has 0 spiro atoms. The Labute approximate surface area is 106 Å². The van der Waals surface area contributed by atoms with Crippen molar-refractivity contribution in [3.8, 4) is 0 Å². The Bertz CT molecular complexity index is 450. The van der Waals surface area contributed by atoms with Crippen molar-refractivity contribution in [2.45, 2.75) is 19.4 Å². The molecule has 0 heterocycles. The molecule has 1 aromatic rings. The highest BCUT2D eigenvalue weighted by Crippen LogP contribution is 2.27. The highest BCUT2D eigenvalue weighted by atomic mass is 79.9. The number of nitrogens with one attached hydrogen (secondary N) is 1. The van der Waals surface area contributed by atoms with Crippen molar-refractivity contribution in [1.82, 2.24) is 0 Å².